The number of sulfonamides is 1. The summed E-state index contributed by atoms with van der Waals surface area (Å²) >= 11 is 0. The molecule has 1 aromatic carbocycles. The average molecular weight is 472 g/mol. The number of hydrogen-bond acceptors (Lipinski definition) is 9. The summed E-state index contributed by atoms with van der Waals surface area (Å²) in [5, 5.41) is 11.3. The number of aryl methyl sites for hydroxylation is 1. The first kappa shape index (κ1) is 24.6. The van der Waals surface area contributed by atoms with Gasteiger partial charge in [0.25, 0.3) is 10.0 Å². The van der Waals surface area contributed by atoms with E-state index in [1.807, 2.05) is 0 Å². The molecule has 32 heavy (non-hydrogen) atoms. The molecule has 178 valence electrons. The van der Waals surface area contributed by atoms with Crippen LogP contribution in [-0.2, 0) is 33.7 Å². The van der Waals surface area contributed by atoms with Gasteiger partial charge in [-0.25, -0.2) is 13.2 Å². The van der Waals surface area contributed by atoms with Crippen molar-refractivity contribution in [3.63, 3.8) is 0 Å². The number of rotatable bonds is 7. The van der Waals surface area contributed by atoms with Crippen LogP contribution in [0.5, 0.6) is 0 Å². The second kappa shape index (κ2) is 8.40. The Bertz CT molecular complexity index is 981. The number of cyclic esters (lactones) is 1. The molecule has 10 nitrogen and oxygen atoms in total. The smallest absolute Gasteiger partial charge is 0.424 e. The minimum atomic E-state index is -4.39. The number of nitrogens with zero attached hydrogens (tertiary/aromatic N) is 1. The van der Waals surface area contributed by atoms with Gasteiger partial charge in [0.05, 0.1) is 11.5 Å². The largest absolute Gasteiger partial charge is 0.446 e. The Morgan fingerprint density at radius 2 is 1.81 bits per heavy atom. The van der Waals surface area contributed by atoms with Gasteiger partial charge in [-0.1, -0.05) is 23.8 Å². The standard InChI is InChI=1S/C21H29NO9S/c1-7-21(17(23)16-12-30-19(3,27-5)20(4,28-6)31-16)13-29-18(24)22(21)32(25,26)15-10-8-14(2)9-11-15/h7-11,16-17,23H,1,12-13H2,2-6H3/t16-,17-,19-,20-,21+/m1/s1. The summed E-state index contributed by atoms with van der Waals surface area (Å²) in [6, 6.07) is 5.97. The van der Waals surface area contributed by atoms with Crippen LogP contribution in [0.25, 0.3) is 0 Å². The van der Waals surface area contributed by atoms with Gasteiger partial charge < -0.3 is 28.8 Å². The number of benzene rings is 1. The van der Waals surface area contributed by atoms with Crippen molar-refractivity contribution in [1.29, 1.82) is 0 Å². The fraction of sp³-hybridized carbons (Fsp3) is 0.571. The van der Waals surface area contributed by atoms with Crippen LogP contribution in [0.15, 0.2) is 41.8 Å². The SMILES string of the molecule is C=C[C@@]1([C@H](O)[C@H]2CO[C@@](C)(OC)[C@](C)(OC)O2)COC(=O)N1S(=O)(=O)c1ccc(C)cc1. The Kier molecular flexibility index (Phi) is 6.46. The van der Waals surface area contributed by atoms with Crippen LogP contribution in [0.1, 0.15) is 19.4 Å². The molecule has 2 fully saturated rings. The van der Waals surface area contributed by atoms with Gasteiger partial charge in [0.1, 0.15) is 24.4 Å². The Morgan fingerprint density at radius 3 is 2.34 bits per heavy atom. The predicted molar refractivity (Wildman–Crippen MR) is 112 cm³/mol. The van der Waals surface area contributed by atoms with Gasteiger partial charge in [0.15, 0.2) is 0 Å². The van der Waals surface area contributed by atoms with Gasteiger partial charge >= 0.3 is 6.09 Å². The first-order valence-electron chi connectivity index (χ1n) is 9.93. The Labute approximate surface area is 187 Å². The van der Waals surface area contributed by atoms with Gasteiger partial charge in [-0.05, 0) is 32.9 Å². The van der Waals surface area contributed by atoms with E-state index in [0.717, 1.165) is 5.56 Å². The van der Waals surface area contributed by atoms with Crippen molar-refractivity contribution in [3.05, 3.63) is 42.5 Å². The zero-order valence-electron chi connectivity index (χ0n) is 18.7. The van der Waals surface area contributed by atoms with Crippen LogP contribution in [0.2, 0.25) is 0 Å². The molecule has 3 rings (SSSR count). The van der Waals surface area contributed by atoms with E-state index in [4.69, 9.17) is 23.7 Å². The third kappa shape index (κ3) is 3.62. The second-order valence-corrected chi connectivity index (χ2v) is 9.83. The summed E-state index contributed by atoms with van der Waals surface area (Å²) in [6.07, 6.45) is -2.65. The number of hydrogen-bond donors (Lipinski definition) is 1. The maximum absolute atomic E-state index is 13.4. The second-order valence-electron chi connectivity index (χ2n) is 8.04. The highest BCUT2D eigenvalue weighted by Gasteiger charge is 2.62. The Balaban J connectivity index is 2.01. The lowest BCUT2D eigenvalue weighted by Crippen LogP contribution is -2.68. The molecule has 11 heteroatoms. The van der Waals surface area contributed by atoms with E-state index in [9.17, 15) is 18.3 Å². The molecule has 0 aromatic heterocycles. The molecule has 2 aliphatic rings. The van der Waals surface area contributed by atoms with Gasteiger partial charge in [0, 0.05) is 14.2 Å². The number of amides is 1. The lowest BCUT2D eigenvalue weighted by Gasteiger charge is -2.51. The lowest BCUT2D eigenvalue weighted by molar-refractivity contribution is -0.438. The molecular formula is C21H29NO9S. The molecule has 0 bridgehead atoms. The Morgan fingerprint density at radius 1 is 1.22 bits per heavy atom. The zero-order valence-corrected chi connectivity index (χ0v) is 19.5. The molecule has 0 spiro atoms. The molecule has 2 saturated heterocycles. The van der Waals surface area contributed by atoms with E-state index >= 15 is 0 Å². The van der Waals surface area contributed by atoms with Crippen LogP contribution >= 0.6 is 0 Å². The molecule has 5 atom stereocenters. The van der Waals surface area contributed by atoms with Crippen molar-refractivity contribution in [1.82, 2.24) is 4.31 Å². The van der Waals surface area contributed by atoms with E-state index in [1.165, 1.54) is 32.4 Å². The highest BCUT2D eigenvalue weighted by molar-refractivity contribution is 7.89. The van der Waals surface area contributed by atoms with E-state index < -0.39 is 52.0 Å². The maximum Gasteiger partial charge on any atom is 0.424 e. The minimum Gasteiger partial charge on any atom is -0.446 e. The van der Waals surface area contributed by atoms with E-state index in [1.54, 1.807) is 32.9 Å². The molecule has 1 aromatic rings. The number of aliphatic hydroxyl groups excluding tert-OH is 1. The molecule has 0 radical (unpaired) electrons. The summed E-state index contributed by atoms with van der Waals surface area (Å²) in [6.45, 7) is 8.04. The van der Waals surface area contributed by atoms with Gasteiger partial charge in [-0.15, -0.1) is 6.58 Å². The summed E-state index contributed by atoms with van der Waals surface area (Å²) in [4.78, 5) is 12.5. The normalized spacial score (nSPS) is 34.2. The summed E-state index contributed by atoms with van der Waals surface area (Å²) < 4.78 is 55.0. The molecule has 1 amide bonds. The van der Waals surface area contributed by atoms with Crippen molar-refractivity contribution in [2.24, 2.45) is 0 Å². The number of aliphatic hydroxyl groups is 1. The minimum absolute atomic E-state index is 0.130. The highest BCUT2D eigenvalue weighted by atomic mass is 32.2. The fourth-order valence-corrected chi connectivity index (χ4v) is 5.45. The van der Waals surface area contributed by atoms with Crippen molar-refractivity contribution < 1.29 is 42.0 Å². The molecular weight excluding hydrogens is 442 g/mol. The van der Waals surface area contributed by atoms with E-state index in [0.29, 0.717) is 4.31 Å². The fourth-order valence-electron chi connectivity index (χ4n) is 3.83. The molecule has 0 unspecified atom stereocenters. The summed E-state index contributed by atoms with van der Waals surface area (Å²) in [7, 11) is -1.59. The van der Waals surface area contributed by atoms with Crippen molar-refractivity contribution >= 4 is 16.1 Å². The van der Waals surface area contributed by atoms with Crippen molar-refractivity contribution in [2.45, 2.75) is 55.0 Å². The highest BCUT2D eigenvalue weighted by Crippen LogP contribution is 2.42. The summed E-state index contributed by atoms with van der Waals surface area (Å²) in [5.41, 5.74) is -1.000. The average Bonchev–Trinajstić information content (AvgIpc) is 3.13. The monoisotopic (exact) mass is 471 g/mol. The lowest BCUT2D eigenvalue weighted by atomic mass is 9.89. The number of ether oxygens (including phenoxy) is 5. The molecule has 2 aliphatic heterocycles. The van der Waals surface area contributed by atoms with Crippen LogP contribution < -0.4 is 0 Å². The zero-order chi connectivity index (χ0) is 23.9. The van der Waals surface area contributed by atoms with Gasteiger partial charge in [-0.2, -0.15) is 4.31 Å². The summed E-state index contributed by atoms with van der Waals surface area (Å²) in [5.74, 6) is -2.74. The van der Waals surface area contributed by atoms with Crippen LogP contribution in [0, 0.1) is 6.92 Å². The molecule has 0 saturated carbocycles. The molecule has 1 N–H and O–H groups in total. The predicted octanol–water partition coefficient (Wildman–Crippen LogP) is 1.56. The number of carbonyl (C=O) groups excluding carboxylic acids is 1. The third-order valence-corrected chi connectivity index (χ3v) is 8.09. The van der Waals surface area contributed by atoms with Crippen LogP contribution in [-0.4, -0.2) is 80.7 Å². The number of carbonyl (C=O) groups is 1. The topological polar surface area (TPSA) is 121 Å². The first-order chi connectivity index (χ1) is 14.9. The first-order valence-corrected chi connectivity index (χ1v) is 11.4. The van der Waals surface area contributed by atoms with E-state index in [-0.39, 0.29) is 11.5 Å². The van der Waals surface area contributed by atoms with E-state index in [2.05, 4.69) is 6.58 Å². The van der Waals surface area contributed by atoms with Crippen molar-refractivity contribution in [2.75, 3.05) is 27.4 Å². The van der Waals surface area contributed by atoms with Gasteiger partial charge in [-0.3, -0.25) is 0 Å². The van der Waals surface area contributed by atoms with Crippen LogP contribution in [0.4, 0.5) is 4.79 Å². The molecule has 0 aliphatic carbocycles. The molecule has 2 heterocycles. The van der Waals surface area contributed by atoms with Gasteiger partial charge in [0.2, 0.25) is 11.6 Å². The maximum atomic E-state index is 13.4. The third-order valence-electron chi connectivity index (χ3n) is 6.25. The van der Waals surface area contributed by atoms with Crippen molar-refractivity contribution in [3.8, 4) is 0 Å². The Hall–Kier alpha value is -2.02. The van der Waals surface area contributed by atoms with Crippen LogP contribution in [0.3, 0.4) is 0 Å². The quantitative estimate of drug-likeness (QED) is 0.591. The number of methoxy groups -OCH3 is 2.